The van der Waals surface area contributed by atoms with Crippen molar-refractivity contribution in [1.29, 1.82) is 0 Å². The van der Waals surface area contributed by atoms with Gasteiger partial charge in [-0.3, -0.25) is 13.9 Å². The first-order chi connectivity index (χ1) is 16.1. The molecule has 1 saturated carbocycles. The van der Waals surface area contributed by atoms with Crippen molar-refractivity contribution in [3.05, 3.63) is 53.9 Å². The third-order valence-corrected chi connectivity index (χ3v) is 8.04. The maximum atomic E-state index is 11.9. The van der Waals surface area contributed by atoms with Crippen molar-refractivity contribution in [3.8, 4) is 11.1 Å². The topological polar surface area (TPSA) is 124 Å². The monoisotopic (exact) mass is 477 g/mol. The molecule has 1 aliphatic rings. The predicted molar refractivity (Wildman–Crippen MR) is 125 cm³/mol. The number of aromatic nitrogens is 6. The highest BCUT2D eigenvalue weighted by Gasteiger charge is 2.52. The molecule has 0 radical (unpaired) electrons. The molecular formula is C22H19N7O2S2. The lowest BCUT2D eigenvalue weighted by atomic mass is 10.1. The van der Waals surface area contributed by atoms with E-state index < -0.39 is 5.41 Å². The first kappa shape index (κ1) is 20.3. The van der Waals surface area contributed by atoms with Crippen LogP contribution in [-0.4, -0.2) is 47.0 Å². The van der Waals surface area contributed by atoms with Crippen LogP contribution in [0.25, 0.3) is 27.0 Å². The molecule has 1 aromatic carbocycles. The van der Waals surface area contributed by atoms with Gasteiger partial charge in [0.25, 0.3) is 0 Å². The highest BCUT2D eigenvalue weighted by molar-refractivity contribution is 7.99. The lowest BCUT2D eigenvalue weighted by Crippen LogP contribution is -2.28. The number of amides is 1. The van der Waals surface area contributed by atoms with Crippen molar-refractivity contribution >= 4 is 44.9 Å². The van der Waals surface area contributed by atoms with E-state index >= 15 is 0 Å². The smallest absolute Gasteiger partial charge is 0.230 e. The van der Waals surface area contributed by atoms with Crippen LogP contribution in [0.4, 0.5) is 0 Å². The van der Waals surface area contributed by atoms with E-state index in [4.69, 9.17) is 10.8 Å². The molecule has 1 fully saturated rings. The van der Waals surface area contributed by atoms with Crippen LogP contribution >= 0.6 is 23.1 Å². The van der Waals surface area contributed by atoms with E-state index in [1.807, 2.05) is 41.1 Å². The number of rotatable bonds is 7. The van der Waals surface area contributed by atoms with Crippen LogP contribution < -0.4 is 5.73 Å². The molecular weight excluding hydrogens is 458 g/mol. The molecule has 0 bridgehead atoms. The Bertz CT molecular complexity index is 1520. The molecule has 0 unspecified atom stereocenters. The molecule has 1 amide bonds. The molecule has 4 aromatic heterocycles. The lowest BCUT2D eigenvalue weighted by molar-refractivity contribution is -0.120. The van der Waals surface area contributed by atoms with Crippen LogP contribution in [0.3, 0.4) is 0 Å². The zero-order valence-corrected chi connectivity index (χ0v) is 19.0. The maximum absolute atomic E-state index is 11.9. The van der Waals surface area contributed by atoms with Gasteiger partial charge in [0.1, 0.15) is 10.4 Å². The molecule has 1 aliphatic carbocycles. The molecule has 6 rings (SSSR count). The number of hydrogen-bond acceptors (Lipinski definition) is 8. The predicted octanol–water partition coefficient (Wildman–Crippen LogP) is 2.86. The van der Waals surface area contributed by atoms with Crippen molar-refractivity contribution in [1.82, 2.24) is 29.4 Å². The quantitative estimate of drug-likeness (QED) is 0.369. The summed E-state index contributed by atoms with van der Waals surface area (Å²) in [4.78, 5) is 17.6. The third-order valence-electron chi connectivity index (χ3n) is 5.87. The Morgan fingerprint density at radius 3 is 2.85 bits per heavy atom. The summed E-state index contributed by atoms with van der Waals surface area (Å²) in [6, 6.07) is 9.95. The Morgan fingerprint density at radius 2 is 2.06 bits per heavy atom. The Morgan fingerprint density at radius 1 is 1.18 bits per heavy atom. The van der Waals surface area contributed by atoms with E-state index in [1.54, 1.807) is 10.9 Å². The molecule has 166 valence electrons. The van der Waals surface area contributed by atoms with E-state index in [0.717, 1.165) is 54.9 Å². The van der Waals surface area contributed by atoms with E-state index in [1.165, 1.54) is 23.1 Å². The molecule has 0 spiro atoms. The van der Waals surface area contributed by atoms with Crippen LogP contribution in [0.1, 0.15) is 17.8 Å². The zero-order chi connectivity index (χ0) is 22.6. The Kier molecular flexibility index (Phi) is 4.71. The number of primary amides is 1. The summed E-state index contributed by atoms with van der Waals surface area (Å²) in [5.74, 6) is -0.288. The van der Waals surface area contributed by atoms with Gasteiger partial charge in [0, 0.05) is 28.4 Å². The van der Waals surface area contributed by atoms with Gasteiger partial charge in [0.2, 0.25) is 5.91 Å². The number of fused-ring (bicyclic) bond motifs is 2. The summed E-state index contributed by atoms with van der Waals surface area (Å²) in [7, 11) is 0. The minimum Gasteiger partial charge on any atom is -0.394 e. The summed E-state index contributed by atoms with van der Waals surface area (Å²) >= 11 is 3.05. The number of aliphatic hydroxyl groups is 1. The number of nitrogens with two attached hydrogens (primary N) is 1. The highest BCUT2D eigenvalue weighted by Crippen LogP contribution is 2.50. The van der Waals surface area contributed by atoms with Gasteiger partial charge in [0.15, 0.2) is 10.8 Å². The number of aliphatic hydroxyl groups excluding tert-OH is 1. The first-order valence-corrected chi connectivity index (χ1v) is 12.1. The second-order valence-corrected chi connectivity index (χ2v) is 10.1. The van der Waals surface area contributed by atoms with E-state index in [9.17, 15) is 4.79 Å². The maximum Gasteiger partial charge on any atom is 0.230 e. The van der Waals surface area contributed by atoms with Gasteiger partial charge in [-0.2, -0.15) is 5.10 Å². The molecule has 4 heterocycles. The number of benzene rings is 1. The first-order valence-electron chi connectivity index (χ1n) is 10.4. The number of nitrogens with zero attached hydrogens (tertiary/aromatic N) is 6. The number of thiazole rings is 1. The minimum absolute atomic E-state index is 0.0431. The second-order valence-electron chi connectivity index (χ2n) is 8.04. The number of pyridine rings is 1. The van der Waals surface area contributed by atoms with E-state index in [2.05, 4.69) is 26.3 Å². The number of carbonyl (C=O) groups is 1. The van der Waals surface area contributed by atoms with E-state index in [0.29, 0.717) is 6.54 Å². The Labute approximate surface area is 196 Å². The summed E-state index contributed by atoms with van der Waals surface area (Å²) in [5.41, 5.74) is 8.62. The molecule has 0 saturated heterocycles. The van der Waals surface area contributed by atoms with Gasteiger partial charge in [-0.1, -0.05) is 0 Å². The van der Waals surface area contributed by atoms with Crippen LogP contribution in [0.2, 0.25) is 0 Å². The molecule has 3 N–H and O–H groups in total. The fourth-order valence-electron chi connectivity index (χ4n) is 3.82. The van der Waals surface area contributed by atoms with Gasteiger partial charge in [-0.05, 0) is 54.9 Å². The average molecular weight is 478 g/mol. The molecule has 11 heteroatoms. The van der Waals surface area contributed by atoms with Crippen LogP contribution in [-0.2, 0) is 16.8 Å². The standard InChI is InChI=1S/C22H19N7O2S2/c23-19(31)22(5-6-22)20-25-16-3-2-15(9-17(16)33-20)32-21-27-26-18-4-1-13(12-29(18)21)14-10-24-28(11-14)7-8-30/h1-4,9-12,30H,5-8H2,(H2,23,31). The average Bonchev–Trinajstić information content (AvgIpc) is 3.13. The zero-order valence-electron chi connectivity index (χ0n) is 17.4. The van der Waals surface area contributed by atoms with Gasteiger partial charge in [-0.15, -0.1) is 21.5 Å². The van der Waals surface area contributed by atoms with Gasteiger partial charge in [0.05, 0.1) is 29.6 Å². The fraction of sp³-hybridized carbons (Fsp3) is 0.227. The molecule has 0 aliphatic heterocycles. The Balaban J connectivity index is 1.31. The van der Waals surface area contributed by atoms with Crippen LogP contribution in [0.15, 0.2) is 59.0 Å². The van der Waals surface area contributed by atoms with Crippen LogP contribution in [0.5, 0.6) is 0 Å². The van der Waals surface area contributed by atoms with Crippen molar-refractivity contribution < 1.29 is 9.90 Å². The van der Waals surface area contributed by atoms with Gasteiger partial charge >= 0.3 is 0 Å². The molecule has 5 aromatic rings. The summed E-state index contributed by atoms with van der Waals surface area (Å²) in [5, 5.41) is 23.6. The minimum atomic E-state index is -0.568. The largest absolute Gasteiger partial charge is 0.394 e. The Hall–Kier alpha value is -3.28. The van der Waals surface area contributed by atoms with Crippen molar-refractivity contribution in [3.63, 3.8) is 0 Å². The number of carbonyl (C=O) groups excluding carboxylic acids is 1. The normalized spacial score (nSPS) is 14.8. The molecule has 9 nitrogen and oxygen atoms in total. The summed E-state index contributed by atoms with van der Waals surface area (Å²) < 4.78 is 4.69. The van der Waals surface area contributed by atoms with Crippen LogP contribution in [0, 0.1) is 0 Å². The van der Waals surface area contributed by atoms with Crippen molar-refractivity contribution in [2.24, 2.45) is 5.73 Å². The van der Waals surface area contributed by atoms with Crippen molar-refractivity contribution in [2.75, 3.05) is 6.61 Å². The van der Waals surface area contributed by atoms with Gasteiger partial charge in [-0.25, -0.2) is 4.98 Å². The highest BCUT2D eigenvalue weighted by atomic mass is 32.2. The third kappa shape index (κ3) is 3.48. The lowest BCUT2D eigenvalue weighted by Gasteiger charge is -2.04. The summed E-state index contributed by atoms with van der Waals surface area (Å²) in [6.07, 6.45) is 7.23. The number of hydrogen-bond donors (Lipinski definition) is 2. The van der Waals surface area contributed by atoms with Gasteiger partial charge < -0.3 is 10.8 Å². The van der Waals surface area contributed by atoms with E-state index in [-0.39, 0.29) is 12.5 Å². The second kappa shape index (κ2) is 7.65. The van der Waals surface area contributed by atoms with Crippen molar-refractivity contribution in [2.45, 2.75) is 34.9 Å². The molecule has 0 atom stereocenters. The summed E-state index contributed by atoms with van der Waals surface area (Å²) in [6.45, 7) is 0.500. The molecule has 33 heavy (non-hydrogen) atoms. The fourth-order valence-corrected chi connectivity index (χ4v) is 6.00. The SMILES string of the molecule is NC(=O)C1(c2nc3ccc(Sc4nnc5ccc(-c6cnn(CCO)c6)cn45)cc3s2)CC1.